The zero-order valence-electron chi connectivity index (χ0n) is 19.2. The summed E-state index contributed by atoms with van der Waals surface area (Å²) < 4.78 is 0. The number of nitrogens with one attached hydrogen (secondary N) is 1. The largest absolute Gasteiger partial charge is 0.343 e. The van der Waals surface area contributed by atoms with Gasteiger partial charge in [0.15, 0.2) is 0 Å². The molecule has 0 bridgehead atoms. The van der Waals surface area contributed by atoms with Crippen LogP contribution in [-0.2, 0) is 16.6 Å². The Morgan fingerprint density at radius 3 is 2.27 bits per heavy atom. The Morgan fingerprint density at radius 2 is 1.58 bits per heavy atom. The Kier molecular flexibility index (Phi) is 5.99. The number of benzene rings is 3. The number of carbonyl (C=O) groups excluding carboxylic acids is 1. The van der Waals surface area contributed by atoms with Crippen LogP contribution in [0.1, 0.15) is 49.1 Å². The highest BCUT2D eigenvalue weighted by molar-refractivity contribution is 5.77. The molecule has 1 aromatic heterocycles. The number of rotatable bonds is 6. The van der Waals surface area contributed by atoms with Crippen LogP contribution < -0.4 is 0 Å². The number of fused-ring (bicyclic) bond motifs is 1. The summed E-state index contributed by atoms with van der Waals surface area (Å²) >= 11 is 0. The lowest BCUT2D eigenvalue weighted by molar-refractivity contribution is -0.132. The van der Waals surface area contributed by atoms with Gasteiger partial charge in [0, 0.05) is 30.8 Å². The van der Waals surface area contributed by atoms with E-state index in [0.29, 0.717) is 6.42 Å². The van der Waals surface area contributed by atoms with Crippen molar-refractivity contribution < 1.29 is 4.79 Å². The number of imidazole rings is 1. The van der Waals surface area contributed by atoms with Crippen molar-refractivity contribution in [1.29, 1.82) is 0 Å². The Balaban J connectivity index is 1.35. The Bertz CT molecular complexity index is 1170. The molecule has 1 saturated heterocycles. The van der Waals surface area contributed by atoms with Gasteiger partial charge in [0.1, 0.15) is 5.82 Å². The van der Waals surface area contributed by atoms with Crippen molar-refractivity contribution in [3.05, 3.63) is 102 Å². The van der Waals surface area contributed by atoms with E-state index in [1.807, 2.05) is 30.3 Å². The number of hydrogen-bond acceptors (Lipinski definition) is 2. The topological polar surface area (TPSA) is 49.0 Å². The number of H-pyrrole nitrogens is 1. The van der Waals surface area contributed by atoms with Crippen LogP contribution in [0.2, 0.25) is 0 Å². The molecule has 3 aromatic carbocycles. The number of para-hydroxylation sites is 2. The first-order valence-corrected chi connectivity index (χ1v) is 12.0. The third kappa shape index (κ3) is 4.30. The molecule has 5 rings (SSSR count). The minimum Gasteiger partial charge on any atom is -0.343 e. The summed E-state index contributed by atoms with van der Waals surface area (Å²) in [5, 5.41) is 0. The van der Waals surface area contributed by atoms with Gasteiger partial charge in [-0.3, -0.25) is 4.79 Å². The first-order valence-electron chi connectivity index (χ1n) is 12.0. The minimum atomic E-state index is -0.0503. The number of aromatic nitrogens is 2. The van der Waals surface area contributed by atoms with Crippen molar-refractivity contribution >= 4 is 16.9 Å². The smallest absolute Gasteiger partial charge is 0.222 e. The van der Waals surface area contributed by atoms with Crippen LogP contribution >= 0.6 is 0 Å². The van der Waals surface area contributed by atoms with Crippen LogP contribution in [0, 0.1) is 0 Å². The van der Waals surface area contributed by atoms with Gasteiger partial charge in [0.2, 0.25) is 5.91 Å². The summed E-state index contributed by atoms with van der Waals surface area (Å²) in [7, 11) is 0. The fourth-order valence-corrected chi connectivity index (χ4v) is 5.39. The van der Waals surface area contributed by atoms with Crippen LogP contribution in [0.4, 0.5) is 0 Å². The molecule has 4 nitrogen and oxygen atoms in total. The maximum absolute atomic E-state index is 13.0. The molecule has 0 spiro atoms. The normalized spacial score (nSPS) is 16.6. The average molecular weight is 438 g/mol. The molecule has 2 heterocycles. The Morgan fingerprint density at radius 1 is 0.939 bits per heavy atom. The number of hydrogen-bond donors (Lipinski definition) is 1. The molecule has 1 amide bonds. The first kappa shape index (κ1) is 21.4. The molecule has 1 N–H and O–H groups in total. The second kappa shape index (κ2) is 9.22. The van der Waals surface area contributed by atoms with Crippen molar-refractivity contribution in [2.45, 2.75) is 43.9 Å². The standard InChI is InChI=1S/C29H31N3O/c1-22(28-30-25-14-8-9-15-26(25)31-28)29(24-12-6-3-7-13-24)18-20-32(21-19-29)27(33)17-16-23-10-4-2-5-11-23/h2-15,22H,16-21H2,1H3,(H,30,31). The van der Waals surface area contributed by atoms with Crippen LogP contribution in [0.5, 0.6) is 0 Å². The summed E-state index contributed by atoms with van der Waals surface area (Å²) in [5.74, 6) is 1.51. The summed E-state index contributed by atoms with van der Waals surface area (Å²) in [5.41, 5.74) is 4.60. The van der Waals surface area contributed by atoms with Crippen LogP contribution in [0.25, 0.3) is 11.0 Å². The SMILES string of the molecule is CC(c1nc2ccccc2[nH]1)C1(c2ccccc2)CCN(C(=O)CCc2ccccc2)CC1. The van der Waals surface area contributed by atoms with Gasteiger partial charge in [-0.15, -0.1) is 0 Å². The van der Waals surface area contributed by atoms with Gasteiger partial charge in [0.25, 0.3) is 0 Å². The Labute approximate surface area is 195 Å². The van der Waals surface area contributed by atoms with Crippen molar-refractivity contribution in [2.24, 2.45) is 0 Å². The lowest BCUT2D eigenvalue weighted by Crippen LogP contribution is -2.47. The van der Waals surface area contributed by atoms with E-state index >= 15 is 0 Å². The molecule has 1 aliphatic rings. The number of aromatic amines is 1. The fourth-order valence-electron chi connectivity index (χ4n) is 5.39. The number of piperidine rings is 1. The molecule has 4 aromatic rings. The zero-order valence-corrected chi connectivity index (χ0v) is 19.2. The molecule has 1 aliphatic heterocycles. The lowest BCUT2D eigenvalue weighted by atomic mass is 9.64. The molecule has 168 valence electrons. The predicted molar refractivity (Wildman–Crippen MR) is 133 cm³/mol. The van der Waals surface area contributed by atoms with Gasteiger partial charge in [-0.25, -0.2) is 4.98 Å². The number of aryl methyl sites for hydroxylation is 1. The third-order valence-corrected chi connectivity index (χ3v) is 7.47. The summed E-state index contributed by atoms with van der Waals surface area (Å²) in [6, 6.07) is 29.3. The van der Waals surface area contributed by atoms with Crippen LogP contribution in [0.15, 0.2) is 84.9 Å². The molecule has 33 heavy (non-hydrogen) atoms. The number of nitrogens with zero attached hydrogens (tertiary/aromatic N) is 2. The molecule has 0 radical (unpaired) electrons. The summed E-state index contributed by atoms with van der Waals surface area (Å²) in [4.78, 5) is 23.6. The summed E-state index contributed by atoms with van der Waals surface area (Å²) in [6.45, 7) is 3.86. The van der Waals surface area contributed by atoms with E-state index in [0.717, 1.165) is 49.2 Å². The minimum absolute atomic E-state index is 0.0503. The lowest BCUT2D eigenvalue weighted by Gasteiger charge is -2.45. The average Bonchev–Trinajstić information content (AvgIpc) is 3.32. The van der Waals surface area contributed by atoms with E-state index in [9.17, 15) is 4.79 Å². The summed E-state index contributed by atoms with van der Waals surface area (Å²) in [6.07, 6.45) is 3.25. The predicted octanol–water partition coefficient (Wildman–Crippen LogP) is 5.86. The van der Waals surface area contributed by atoms with Gasteiger partial charge in [0.05, 0.1) is 11.0 Å². The van der Waals surface area contributed by atoms with E-state index in [4.69, 9.17) is 4.98 Å². The second-order valence-electron chi connectivity index (χ2n) is 9.25. The highest BCUT2D eigenvalue weighted by atomic mass is 16.2. The first-order chi connectivity index (χ1) is 16.2. The quantitative estimate of drug-likeness (QED) is 0.411. The van der Waals surface area contributed by atoms with E-state index in [-0.39, 0.29) is 17.2 Å². The van der Waals surface area contributed by atoms with Crippen molar-refractivity contribution in [3.8, 4) is 0 Å². The van der Waals surface area contributed by atoms with Gasteiger partial charge in [-0.05, 0) is 42.5 Å². The highest BCUT2D eigenvalue weighted by Gasteiger charge is 2.43. The fraction of sp³-hybridized carbons (Fsp3) is 0.310. The molecule has 1 fully saturated rings. The van der Waals surface area contributed by atoms with Gasteiger partial charge >= 0.3 is 0 Å². The van der Waals surface area contributed by atoms with E-state index < -0.39 is 0 Å². The molecule has 0 aliphatic carbocycles. The maximum Gasteiger partial charge on any atom is 0.222 e. The van der Waals surface area contributed by atoms with Gasteiger partial charge in [-0.1, -0.05) is 79.7 Å². The highest BCUT2D eigenvalue weighted by Crippen LogP contribution is 2.46. The van der Waals surface area contributed by atoms with Crippen LogP contribution in [0.3, 0.4) is 0 Å². The molecule has 4 heteroatoms. The Hall–Kier alpha value is -3.40. The maximum atomic E-state index is 13.0. The number of likely N-dealkylation sites (tertiary alicyclic amines) is 1. The van der Waals surface area contributed by atoms with Crippen molar-refractivity contribution in [3.63, 3.8) is 0 Å². The number of amides is 1. The molecular weight excluding hydrogens is 406 g/mol. The number of carbonyl (C=O) groups is 1. The molecular formula is C29H31N3O. The van der Waals surface area contributed by atoms with Crippen molar-refractivity contribution in [1.82, 2.24) is 14.9 Å². The molecule has 0 saturated carbocycles. The van der Waals surface area contributed by atoms with E-state index in [2.05, 4.69) is 71.4 Å². The second-order valence-corrected chi connectivity index (χ2v) is 9.25. The molecule has 1 atom stereocenters. The van der Waals surface area contributed by atoms with E-state index in [1.165, 1.54) is 11.1 Å². The van der Waals surface area contributed by atoms with Crippen LogP contribution in [-0.4, -0.2) is 33.9 Å². The monoisotopic (exact) mass is 437 g/mol. The van der Waals surface area contributed by atoms with E-state index in [1.54, 1.807) is 0 Å². The van der Waals surface area contributed by atoms with Gasteiger partial charge < -0.3 is 9.88 Å². The molecule has 1 unspecified atom stereocenters. The van der Waals surface area contributed by atoms with Crippen molar-refractivity contribution in [2.75, 3.05) is 13.1 Å². The zero-order chi connectivity index (χ0) is 22.7. The van der Waals surface area contributed by atoms with Gasteiger partial charge in [-0.2, -0.15) is 0 Å². The third-order valence-electron chi connectivity index (χ3n) is 7.47.